The van der Waals surface area contributed by atoms with Gasteiger partial charge >= 0.3 is 0 Å². The fraction of sp³-hybridized carbons (Fsp3) is 0.500. The minimum absolute atomic E-state index is 0.0543. The van der Waals surface area contributed by atoms with E-state index < -0.39 is 5.97 Å². The third-order valence-electron chi connectivity index (χ3n) is 9.50. The van der Waals surface area contributed by atoms with Crippen LogP contribution < -0.4 is 5.11 Å². The van der Waals surface area contributed by atoms with E-state index in [0.29, 0.717) is 0 Å². The van der Waals surface area contributed by atoms with Crippen molar-refractivity contribution in [2.45, 2.75) is 136 Å². The molecule has 6 rings (SSSR count). The molecule has 3 fully saturated rings. The van der Waals surface area contributed by atoms with Gasteiger partial charge in [-0.25, -0.2) is 0 Å². The molecule has 0 heterocycles. The summed E-state index contributed by atoms with van der Waals surface area (Å²) in [6, 6.07) is 28.6. The predicted molar refractivity (Wildman–Crippen MR) is 170 cm³/mol. The number of hydrogen-bond acceptors (Lipinski definition) is 2. The number of carboxylic acids is 1. The Morgan fingerprint density at radius 3 is 1.29 bits per heavy atom. The predicted octanol–water partition coefficient (Wildman–Crippen LogP) is 9.68. The van der Waals surface area contributed by atoms with Crippen LogP contribution in [0.25, 0.3) is 0 Å². The van der Waals surface area contributed by atoms with Gasteiger partial charge in [0.05, 0.1) is 10.9 Å². The number of carbonyl (C=O) groups excluding carboxylic acids is 1. The van der Waals surface area contributed by atoms with Gasteiger partial charge in [0.2, 0.25) is 0 Å². The van der Waals surface area contributed by atoms with E-state index in [1.165, 1.54) is 106 Å². The van der Waals surface area contributed by atoms with Crippen molar-refractivity contribution in [3.05, 3.63) is 89.5 Å². The fourth-order valence-corrected chi connectivity index (χ4v) is 10.0. The van der Waals surface area contributed by atoms with Crippen molar-refractivity contribution in [3.8, 4) is 0 Å². The molecule has 0 bridgehead atoms. The minimum atomic E-state index is -1.08. The van der Waals surface area contributed by atoms with Crippen molar-refractivity contribution in [2.75, 3.05) is 0 Å². The highest BCUT2D eigenvalue weighted by atomic mass is 32.2. The molecule has 3 aromatic rings. The highest BCUT2D eigenvalue weighted by Gasteiger charge is 2.39. The zero-order valence-corrected chi connectivity index (χ0v) is 25.8. The number of carboxylic acid groups (broad SMARTS) is 1. The largest absolute Gasteiger partial charge is 0.550 e. The molecule has 41 heavy (non-hydrogen) atoms. The van der Waals surface area contributed by atoms with Gasteiger partial charge in [-0.05, 0) is 93.0 Å². The second-order valence-electron chi connectivity index (χ2n) is 12.5. The molecule has 0 spiro atoms. The second kappa shape index (κ2) is 15.1. The van der Waals surface area contributed by atoms with Gasteiger partial charge in [-0.15, -0.1) is 0 Å². The third-order valence-corrected chi connectivity index (χ3v) is 11.9. The first-order chi connectivity index (χ1) is 20.1. The fourth-order valence-electron chi connectivity index (χ4n) is 7.52. The van der Waals surface area contributed by atoms with E-state index in [4.69, 9.17) is 9.90 Å². The molecular formula is C38H48O2S. The molecule has 0 aliphatic heterocycles. The van der Waals surface area contributed by atoms with Crippen LogP contribution in [0.5, 0.6) is 0 Å². The van der Waals surface area contributed by atoms with E-state index in [2.05, 4.69) is 72.8 Å². The van der Waals surface area contributed by atoms with Gasteiger partial charge in [0.1, 0.15) is 0 Å². The Kier molecular flexibility index (Phi) is 11.0. The van der Waals surface area contributed by atoms with Crippen LogP contribution in [-0.4, -0.2) is 5.97 Å². The lowest BCUT2D eigenvalue weighted by atomic mass is 9.76. The first-order valence-corrected chi connectivity index (χ1v) is 17.5. The van der Waals surface area contributed by atoms with Crippen LogP contribution in [0.2, 0.25) is 0 Å². The van der Waals surface area contributed by atoms with Crippen LogP contribution in [0.4, 0.5) is 0 Å². The van der Waals surface area contributed by atoms with Crippen molar-refractivity contribution in [2.24, 2.45) is 0 Å². The Morgan fingerprint density at radius 2 is 0.927 bits per heavy atom. The average molecular weight is 569 g/mol. The summed E-state index contributed by atoms with van der Waals surface area (Å²) in [5.41, 5.74) is 5.20. The maximum atomic E-state index is 8.89. The van der Waals surface area contributed by atoms with Gasteiger partial charge < -0.3 is 9.90 Å². The molecule has 0 amide bonds. The third kappa shape index (κ3) is 7.86. The molecule has 218 valence electrons. The zero-order chi connectivity index (χ0) is 28.4. The number of rotatable bonds is 6. The van der Waals surface area contributed by atoms with Crippen molar-refractivity contribution in [3.63, 3.8) is 0 Å². The summed E-state index contributed by atoms with van der Waals surface area (Å²) in [6.07, 6.45) is 21.1. The number of carbonyl (C=O) groups is 1. The standard InChI is InChI=1S/C36H45S.C2H4O2/c1-6-16-28(17-7-1)31-26-34(29-18-8-2-9-19-29)36(35(27-31)30-20-10-3-11-21-30)37(32-22-12-4-13-23-32)33-24-14-5-15-25-33;1-2(3)4/h4-5,12-15,22-30H,1-3,6-11,16-21H2;1H3,(H,3,4)/q+1;/p-1. The zero-order valence-electron chi connectivity index (χ0n) is 25.0. The Bertz CT molecular complexity index is 1140. The summed E-state index contributed by atoms with van der Waals surface area (Å²) >= 11 is 0. The van der Waals surface area contributed by atoms with Crippen LogP contribution in [0.3, 0.4) is 0 Å². The van der Waals surface area contributed by atoms with Crippen LogP contribution in [0.15, 0.2) is 87.5 Å². The van der Waals surface area contributed by atoms with Gasteiger partial charge in [0.25, 0.3) is 0 Å². The quantitative estimate of drug-likeness (QED) is 0.278. The monoisotopic (exact) mass is 568 g/mol. The van der Waals surface area contributed by atoms with E-state index in [1.807, 2.05) is 0 Å². The summed E-state index contributed by atoms with van der Waals surface area (Å²) in [5.74, 6) is 1.16. The van der Waals surface area contributed by atoms with Gasteiger partial charge in [-0.3, -0.25) is 0 Å². The topological polar surface area (TPSA) is 40.1 Å². The molecule has 0 atom stereocenters. The molecule has 3 aromatic carbocycles. The van der Waals surface area contributed by atoms with Gasteiger partial charge in [-0.1, -0.05) is 106 Å². The molecule has 0 saturated heterocycles. The van der Waals surface area contributed by atoms with Crippen LogP contribution >= 0.6 is 0 Å². The maximum Gasteiger partial charge on any atom is 0.173 e. The van der Waals surface area contributed by atoms with E-state index in [1.54, 1.807) is 21.6 Å². The average Bonchev–Trinajstić information content (AvgIpc) is 3.03. The summed E-state index contributed by atoms with van der Waals surface area (Å²) in [6.45, 7) is 0.972. The Morgan fingerprint density at radius 1 is 0.585 bits per heavy atom. The van der Waals surface area contributed by atoms with Crippen molar-refractivity contribution in [1.82, 2.24) is 0 Å². The maximum absolute atomic E-state index is 8.89. The Labute approximate surface area is 251 Å². The molecule has 0 radical (unpaired) electrons. The van der Waals surface area contributed by atoms with Crippen molar-refractivity contribution in [1.29, 1.82) is 0 Å². The lowest BCUT2D eigenvalue weighted by molar-refractivity contribution is -0.302. The van der Waals surface area contributed by atoms with E-state index >= 15 is 0 Å². The smallest absolute Gasteiger partial charge is 0.173 e. The van der Waals surface area contributed by atoms with Crippen LogP contribution in [0, 0.1) is 0 Å². The molecular weight excluding hydrogens is 520 g/mol. The minimum Gasteiger partial charge on any atom is -0.550 e. The Balaban J connectivity index is 0.000000794. The van der Waals surface area contributed by atoms with Crippen LogP contribution in [0.1, 0.15) is 138 Å². The number of hydrogen-bond donors (Lipinski definition) is 0. The molecule has 0 N–H and O–H groups in total. The summed E-state index contributed by atoms with van der Waals surface area (Å²) < 4.78 is 0. The highest BCUT2D eigenvalue weighted by Crippen LogP contribution is 2.48. The van der Waals surface area contributed by atoms with Gasteiger partial charge in [-0.2, -0.15) is 0 Å². The lowest BCUT2D eigenvalue weighted by Gasteiger charge is -2.31. The summed E-state index contributed by atoms with van der Waals surface area (Å²) in [4.78, 5) is 13.6. The molecule has 3 aliphatic carbocycles. The molecule has 0 unspecified atom stereocenters. The van der Waals surface area contributed by atoms with Crippen molar-refractivity contribution >= 4 is 16.9 Å². The molecule has 3 saturated carbocycles. The first kappa shape index (κ1) is 30.0. The highest BCUT2D eigenvalue weighted by molar-refractivity contribution is 7.97. The van der Waals surface area contributed by atoms with Gasteiger partial charge in [0, 0.05) is 17.1 Å². The second-order valence-corrected chi connectivity index (χ2v) is 14.4. The van der Waals surface area contributed by atoms with E-state index in [0.717, 1.165) is 24.7 Å². The Hall–Kier alpha value is -2.52. The van der Waals surface area contributed by atoms with Gasteiger partial charge in [0.15, 0.2) is 14.7 Å². The molecule has 3 aliphatic rings. The SMILES string of the molecule is CC(=O)[O-].c1ccc([S+](c2ccccc2)c2c(C3CCCCC3)cc(C3CCCCC3)cc2C2CCCCC2)cc1. The molecule has 0 aromatic heterocycles. The summed E-state index contributed by atoms with van der Waals surface area (Å²) in [5, 5.41) is 8.89. The molecule has 3 heteroatoms. The lowest BCUT2D eigenvalue weighted by Crippen LogP contribution is -2.19. The van der Waals surface area contributed by atoms with E-state index in [-0.39, 0.29) is 10.9 Å². The van der Waals surface area contributed by atoms with Crippen LogP contribution in [-0.2, 0) is 15.7 Å². The van der Waals surface area contributed by atoms with E-state index in [9.17, 15) is 0 Å². The number of benzene rings is 3. The first-order valence-electron chi connectivity index (χ1n) is 16.3. The summed E-state index contributed by atoms with van der Waals surface area (Å²) in [7, 11) is -0.0543. The van der Waals surface area contributed by atoms with Crippen molar-refractivity contribution < 1.29 is 9.90 Å². The molecule has 2 nitrogen and oxygen atoms in total. The normalized spacial score (nSPS) is 19.0. The number of aliphatic carboxylic acids is 1.